The van der Waals surface area contributed by atoms with E-state index in [1.165, 1.54) is 18.3 Å². The Labute approximate surface area is 133 Å². The Morgan fingerprint density at radius 3 is 2.70 bits per heavy atom. The van der Waals surface area contributed by atoms with Crippen LogP contribution in [0.25, 0.3) is 10.9 Å². The number of ether oxygens (including phenoxy) is 1. The van der Waals surface area contributed by atoms with E-state index in [9.17, 15) is 9.65 Å². The van der Waals surface area contributed by atoms with Crippen molar-refractivity contribution in [2.45, 2.75) is 6.54 Å². The first-order chi connectivity index (χ1) is 11.2. The highest BCUT2D eigenvalue weighted by Gasteiger charge is 2.09. The first kappa shape index (κ1) is 14.8. The summed E-state index contributed by atoms with van der Waals surface area (Å²) in [6.07, 6.45) is 1.50. The molecule has 0 amide bonds. The van der Waals surface area contributed by atoms with Crippen LogP contribution in [-0.2, 0) is 6.54 Å². The van der Waals surface area contributed by atoms with Crippen molar-refractivity contribution in [1.82, 2.24) is 4.98 Å². The number of nitriles is 1. The van der Waals surface area contributed by atoms with Crippen LogP contribution in [0.4, 0.5) is 10.1 Å². The van der Waals surface area contributed by atoms with Gasteiger partial charge < -0.3 is 10.1 Å². The van der Waals surface area contributed by atoms with Crippen molar-refractivity contribution >= 4 is 16.6 Å². The maximum Gasteiger partial charge on any atom is 0.124 e. The van der Waals surface area contributed by atoms with Gasteiger partial charge >= 0.3 is 0 Å². The third-order valence-corrected chi connectivity index (χ3v) is 3.58. The van der Waals surface area contributed by atoms with Gasteiger partial charge in [0.05, 0.1) is 23.9 Å². The van der Waals surface area contributed by atoms with Crippen LogP contribution >= 0.6 is 0 Å². The Balaban J connectivity index is 1.94. The summed E-state index contributed by atoms with van der Waals surface area (Å²) in [4.78, 5) is 4.19. The van der Waals surface area contributed by atoms with Crippen LogP contribution < -0.4 is 10.1 Å². The quantitative estimate of drug-likeness (QED) is 0.795. The van der Waals surface area contributed by atoms with Gasteiger partial charge in [-0.25, -0.2) is 4.39 Å². The van der Waals surface area contributed by atoms with Gasteiger partial charge in [-0.2, -0.15) is 5.26 Å². The average Bonchev–Trinajstić information content (AvgIpc) is 2.60. The van der Waals surface area contributed by atoms with Crippen molar-refractivity contribution in [3.8, 4) is 11.8 Å². The molecule has 0 atom stereocenters. The fraction of sp³-hybridized carbons (Fsp3) is 0.111. The van der Waals surface area contributed by atoms with Gasteiger partial charge in [-0.3, -0.25) is 4.98 Å². The number of halogens is 1. The number of fused-ring (bicyclic) bond motifs is 1. The summed E-state index contributed by atoms with van der Waals surface area (Å²) in [5.74, 6) is 0.421. The lowest BCUT2D eigenvalue weighted by Gasteiger charge is -2.12. The molecule has 3 rings (SSSR count). The number of hydrogen-bond donors (Lipinski definition) is 1. The van der Waals surface area contributed by atoms with E-state index in [2.05, 4.69) is 16.4 Å². The zero-order chi connectivity index (χ0) is 16.2. The first-order valence-corrected chi connectivity index (χ1v) is 7.06. The highest BCUT2D eigenvalue weighted by atomic mass is 19.1. The van der Waals surface area contributed by atoms with Gasteiger partial charge in [-0.15, -0.1) is 0 Å². The minimum atomic E-state index is -0.359. The maximum atomic E-state index is 13.5. The van der Waals surface area contributed by atoms with E-state index in [0.717, 1.165) is 11.3 Å². The molecule has 0 saturated heterocycles. The number of methoxy groups -OCH3 is 1. The Bertz CT molecular complexity index is 885. The number of nitrogens with zero attached hydrogens (tertiary/aromatic N) is 2. The second-order valence-corrected chi connectivity index (χ2v) is 5.02. The molecule has 3 aromatic rings. The third-order valence-electron chi connectivity index (χ3n) is 3.58. The zero-order valence-electron chi connectivity index (χ0n) is 12.5. The summed E-state index contributed by atoms with van der Waals surface area (Å²) in [6.45, 7) is 0.508. The molecule has 0 aliphatic carbocycles. The van der Waals surface area contributed by atoms with Crippen molar-refractivity contribution in [2.24, 2.45) is 0 Å². The molecule has 0 spiro atoms. The molecule has 114 valence electrons. The van der Waals surface area contributed by atoms with Crippen LogP contribution in [0.1, 0.15) is 11.1 Å². The van der Waals surface area contributed by atoms with Crippen LogP contribution in [0, 0.1) is 17.1 Å². The maximum absolute atomic E-state index is 13.5. The van der Waals surface area contributed by atoms with Gasteiger partial charge in [-0.1, -0.05) is 12.1 Å². The second-order valence-electron chi connectivity index (χ2n) is 5.02. The van der Waals surface area contributed by atoms with E-state index in [4.69, 9.17) is 4.74 Å². The Hall–Kier alpha value is -3.13. The summed E-state index contributed by atoms with van der Waals surface area (Å²) < 4.78 is 18.7. The second kappa shape index (κ2) is 6.32. The number of pyridine rings is 1. The molecule has 0 aliphatic rings. The highest BCUT2D eigenvalue weighted by Crippen LogP contribution is 2.27. The molecule has 0 radical (unpaired) electrons. The molecular weight excluding hydrogens is 293 g/mol. The van der Waals surface area contributed by atoms with Crippen LogP contribution in [0.3, 0.4) is 0 Å². The lowest BCUT2D eigenvalue weighted by atomic mass is 10.1. The monoisotopic (exact) mass is 307 g/mol. The highest BCUT2D eigenvalue weighted by molar-refractivity contribution is 5.93. The lowest BCUT2D eigenvalue weighted by molar-refractivity contribution is 0.414. The van der Waals surface area contributed by atoms with Crippen molar-refractivity contribution in [3.63, 3.8) is 0 Å². The molecule has 0 unspecified atom stereocenters. The van der Waals surface area contributed by atoms with E-state index in [1.54, 1.807) is 13.2 Å². The summed E-state index contributed by atoms with van der Waals surface area (Å²) >= 11 is 0. The third kappa shape index (κ3) is 3.06. The van der Waals surface area contributed by atoms with Crippen molar-refractivity contribution in [3.05, 3.63) is 65.6 Å². The Morgan fingerprint density at radius 2 is 2.00 bits per heavy atom. The van der Waals surface area contributed by atoms with Gasteiger partial charge in [0.15, 0.2) is 0 Å². The Morgan fingerprint density at radius 1 is 1.22 bits per heavy atom. The summed E-state index contributed by atoms with van der Waals surface area (Å²) in [7, 11) is 1.62. The molecule has 2 aromatic carbocycles. The number of aromatic nitrogens is 1. The van der Waals surface area contributed by atoms with E-state index >= 15 is 0 Å². The molecule has 23 heavy (non-hydrogen) atoms. The number of nitrogens with one attached hydrogen (secondary N) is 1. The minimum Gasteiger partial charge on any atom is -0.497 e. The minimum absolute atomic E-state index is 0.359. The van der Waals surface area contributed by atoms with E-state index < -0.39 is 0 Å². The normalized spacial score (nSPS) is 10.3. The van der Waals surface area contributed by atoms with Gasteiger partial charge in [0, 0.05) is 18.1 Å². The SMILES string of the molecule is COc1ccc(CNc2c(C#N)cnc3ccc(F)cc23)cc1. The van der Waals surface area contributed by atoms with Crippen LogP contribution in [0.15, 0.2) is 48.7 Å². The van der Waals surface area contributed by atoms with Gasteiger partial charge in [0.2, 0.25) is 0 Å². The Kier molecular flexibility index (Phi) is 4.07. The zero-order valence-corrected chi connectivity index (χ0v) is 12.5. The van der Waals surface area contributed by atoms with Gasteiger partial charge in [0.1, 0.15) is 17.6 Å². The molecule has 0 aliphatic heterocycles. The molecule has 0 bridgehead atoms. The van der Waals surface area contributed by atoms with Crippen LogP contribution in [0.2, 0.25) is 0 Å². The molecule has 1 heterocycles. The molecule has 4 nitrogen and oxygen atoms in total. The molecular formula is C18H14FN3O. The summed E-state index contributed by atoms with van der Waals surface area (Å²) in [6, 6.07) is 14.0. The lowest BCUT2D eigenvalue weighted by Crippen LogP contribution is -2.03. The molecule has 1 N–H and O–H groups in total. The largest absolute Gasteiger partial charge is 0.497 e. The smallest absolute Gasteiger partial charge is 0.124 e. The number of benzene rings is 2. The fourth-order valence-electron chi connectivity index (χ4n) is 2.37. The number of rotatable bonds is 4. The topological polar surface area (TPSA) is 57.9 Å². The van der Waals surface area contributed by atoms with Crippen LogP contribution in [0.5, 0.6) is 5.75 Å². The van der Waals surface area contributed by atoms with Crippen LogP contribution in [-0.4, -0.2) is 12.1 Å². The molecule has 0 saturated carbocycles. The van der Waals surface area contributed by atoms with E-state index in [1.807, 2.05) is 24.3 Å². The summed E-state index contributed by atoms with van der Waals surface area (Å²) in [5.41, 5.74) is 2.64. The molecule has 0 fully saturated rings. The molecule has 5 heteroatoms. The first-order valence-electron chi connectivity index (χ1n) is 7.06. The van der Waals surface area contributed by atoms with E-state index in [0.29, 0.717) is 28.7 Å². The van der Waals surface area contributed by atoms with Crippen molar-refractivity contribution < 1.29 is 9.13 Å². The van der Waals surface area contributed by atoms with Crippen molar-refractivity contribution in [1.29, 1.82) is 5.26 Å². The number of anilines is 1. The summed E-state index contributed by atoms with van der Waals surface area (Å²) in [5, 5.41) is 13.1. The predicted octanol–water partition coefficient (Wildman–Crippen LogP) is 3.87. The van der Waals surface area contributed by atoms with E-state index in [-0.39, 0.29) is 5.82 Å². The number of hydrogen-bond acceptors (Lipinski definition) is 4. The van der Waals surface area contributed by atoms with Crippen molar-refractivity contribution in [2.75, 3.05) is 12.4 Å². The molecule has 1 aromatic heterocycles. The predicted molar refractivity (Wildman–Crippen MR) is 86.7 cm³/mol. The van der Waals surface area contributed by atoms with Gasteiger partial charge in [-0.05, 0) is 35.9 Å². The average molecular weight is 307 g/mol. The van der Waals surface area contributed by atoms with Gasteiger partial charge in [0.25, 0.3) is 0 Å². The fourth-order valence-corrected chi connectivity index (χ4v) is 2.37. The standard InChI is InChI=1S/C18H14FN3O/c1-23-15-5-2-12(3-6-15)10-22-18-13(9-20)11-21-17-7-4-14(19)8-16(17)18/h2-8,11H,10H2,1H3,(H,21,22).